The summed E-state index contributed by atoms with van der Waals surface area (Å²) in [6.45, 7) is 0. The molecular weight excluding hydrogens is 258 g/mol. The minimum absolute atomic E-state index is 0.0255. The van der Waals surface area contributed by atoms with Crippen molar-refractivity contribution in [1.29, 1.82) is 0 Å². The number of terminal acetylenes is 1. The Morgan fingerprint density at radius 1 is 1.05 bits per heavy atom. The molecule has 0 aliphatic carbocycles. The molecule has 1 amide bonds. The highest BCUT2D eigenvalue weighted by molar-refractivity contribution is 6.06. The van der Waals surface area contributed by atoms with E-state index >= 15 is 0 Å². The van der Waals surface area contributed by atoms with Crippen LogP contribution in [0.25, 0.3) is 0 Å². The van der Waals surface area contributed by atoms with E-state index in [0.717, 1.165) is 24.1 Å². The minimum atomic E-state index is -0.596. The summed E-state index contributed by atoms with van der Waals surface area (Å²) >= 11 is 0. The van der Waals surface area contributed by atoms with Crippen molar-refractivity contribution in [3.63, 3.8) is 0 Å². The van der Waals surface area contributed by atoms with Crippen LogP contribution in [0.4, 0.5) is 5.69 Å². The largest absolute Gasteiger partial charge is 0.325 e. The number of carbonyl (C=O) groups is 1. The van der Waals surface area contributed by atoms with E-state index in [4.69, 9.17) is 6.42 Å². The summed E-state index contributed by atoms with van der Waals surface area (Å²) in [5.41, 5.74) is 2.56. The van der Waals surface area contributed by atoms with E-state index in [-0.39, 0.29) is 5.91 Å². The van der Waals surface area contributed by atoms with Gasteiger partial charge in [0.1, 0.15) is 0 Å². The molecule has 104 valence electrons. The molecule has 0 spiro atoms. The zero-order valence-corrected chi connectivity index (χ0v) is 11.8. The number of carbonyl (C=O) groups excluding carboxylic acids is 1. The average molecular weight is 275 g/mol. The normalized spacial score (nSPS) is 19.7. The third-order valence-corrected chi connectivity index (χ3v) is 4.21. The lowest BCUT2D eigenvalue weighted by molar-refractivity contribution is -0.120. The summed E-state index contributed by atoms with van der Waals surface area (Å²) in [5.74, 6) is 2.72. The van der Waals surface area contributed by atoms with E-state index in [1.165, 1.54) is 5.56 Å². The molecule has 0 saturated heterocycles. The number of benzene rings is 2. The third kappa shape index (κ3) is 2.32. The first-order valence-electron chi connectivity index (χ1n) is 7.15. The van der Waals surface area contributed by atoms with Gasteiger partial charge in [0.05, 0.1) is 5.41 Å². The Morgan fingerprint density at radius 2 is 1.76 bits per heavy atom. The molecule has 0 fully saturated rings. The van der Waals surface area contributed by atoms with Crippen LogP contribution in [0, 0.1) is 12.3 Å². The van der Waals surface area contributed by atoms with Gasteiger partial charge in [-0.2, -0.15) is 0 Å². The van der Waals surface area contributed by atoms with E-state index in [1.807, 2.05) is 42.5 Å². The van der Waals surface area contributed by atoms with Crippen LogP contribution < -0.4 is 5.32 Å². The number of rotatable bonds is 4. The Morgan fingerprint density at radius 3 is 2.52 bits per heavy atom. The van der Waals surface area contributed by atoms with Crippen molar-refractivity contribution in [2.75, 3.05) is 5.32 Å². The first-order chi connectivity index (χ1) is 10.3. The van der Waals surface area contributed by atoms with Gasteiger partial charge in [0.15, 0.2) is 0 Å². The van der Waals surface area contributed by atoms with Crippen LogP contribution in [-0.2, 0) is 16.6 Å². The van der Waals surface area contributed by atoms with Crippen LogP contribution in [0.3, 0.4) is 0 Å². The number of hydrogen-bond donors (Lipinski definition) is 1. The predicted molar refractivity (Wildman–Crippen MR) is 85.0 cm³/mol. The zero-order chi connectivity index (χ0) is 14.7. The molecule has 0 aromatic heterocycles. The number of para-hydroxylation sites is 1. The van der Waals surface area contributed by atoms with Crippen LogP contribution in [-0.4, -0.2) is 5.91 Å². The molecule has 0 radical (unpaired) electrons. The number of amides is 1. The Bertz CT molecular complexity index is 699. The van der Waals surface area contributed by atoms with Gasteiger partial charge in [0.25, 0.3) is 0 Å². The standard InChI is InChI=1S/C19H17NO/c1-2-13-19(14-12-15-8-4-3-5-9-15)16-10-6-7-11-17(16)20-18(19)21/h1,3-11H,12-14H2,(H,20,21)/t19-/m0/s1. The average Bonchev–Trinajstić information content (AvgIpc) is 2.80. The van der Waals surface area contributed by atoms with Gasteiger partial charge < -0.3 is 5.32 Å². The van der Waals surface area contributed by atoms with Gasteiger partial charge in [0, 0.05) is 12.1 Å². The summed E-state index contributed by atoms with van der Waals surface area (Å²) in [6.07, 6.45) is 7.55. The molecule has 3 rings (SSSR count). The lowest BCUT2D eigenvalue weighted by atomic mass is 9.74. The molecular formula is C19H17NO. The second-order valence-corrected chi connectivity index (χ2v) is 5.45. The molecule has 1 N–H and O–H groups in total. The van der Waals surface area contributed by atoms with Crippen molar-refractivity contribution in [2.24, 2.45) is 0 Å². The lowest BCUT2D eigenvalue weighted by Crippen LogP contribution is -2.34. The smallest absolute Gasteiger partial charge is 0.236 e. The van der Waals surface area contributed by atoms with Gasteiger partial charge >= 0.3 is 0 Å². The van der Waals surface area contributed by atoms with Crippen LogP contribution in [0.5, 0.6) is 0 Å². The summed E-state index contributed by atoms with van der Waals surface area (Å²) < 4.78 is 0. The number of nitrogens with one attached hydrogen (secondary N) is 1. The van der Waals surface area contributed by atoms with Gasteiger partial charge in [-0.3, -0.25) is 4.79 Å². The lowest BCUT2D eigenvalue weighted by Gasteiger charge is -2.25. The van der Waals surface area contributed by atoms with Crippen LogP contribution >= 0.6 is 0 Å². The molecule has 2 aromatic rings. The first kappa shape index (κ1) is 13.5. The predicted octanol–water partition coefficient (Wildman–Crippen LogP) is 3.53. The molecule has 2 heteroatoms. The fraction of sp³-hybridized carbons (Fsp3) is 0.211. The zero-order valence-electron chi connectivity index (χ0n) is 11.8. The van der Waals surface area contributed by atoms with Gasteiger partial charge in [-0.25, -0.2) is 0 Å². The molecule has 0 saturated carbocycles. The van der Waals surface area contributed by atoms with Gasteiger partial charge in [-0.05, 0) is 30.0 Å². The van der Waals surface area contributed by atoms with Crippen LogP contribution in [0.2, 0.25) is 0 Å². The molecule has 1 atom stereocenters. The van der Waals surface area contributed by atoms with Crippen molar-refractivity contribution in [2.45, 2.75) is 24.7 Å². The molecule has 2 aromatic carbocycles. The van der Waals surface area contributed by atoms with Crippen LogP contribution in [0.1, 0.15) is 24.0 Å². The number of anilines is 1. The van der Waals surface area contributed by atoms with E-state index in [0.29, 0.717) is 6.42 Å². The number of aryl methyl sites for hydroxylation is 1. The quantitative estimate of drug-likeness (QED) is 0.850. The number of fused-ring (bicyclic) bond motifs is 1. The molecule has 2 nitrogen and oxygen atoms in total. The fourth-order valence-electron chi connectivity index (χ4n) is 3.06. The van der Waals surface area contributed by atoms with Crippen molar-refractivity contribution in [1.82, 2.24) is 0 Å². The summed E-state index contributed by atoms with van der Waals surface area (Å²) in [6, 6.07) is 18.1. The van der Waals surface area contributed by atoms with Crippen molar-refractivity contribution in [3.8, 4) is 12.3 Å². The van der Waals surface area contributed by atoms with Crippen molar-refractivity contribution in [3.05, 3.63) is 65.7 Å². The van der Waals surface area contributed by atoms with E-state index in [9.17, 15) is 4.79 Å². The molecule has 1 heterocycles. The Balaban J connectivity index is 1.94. The minimum Gasteiger partial charge on any atom is -0.325 e. The summed E-state index contributed by atoms with van der Waals surface area (Å²) in [7, 11) is 0. The Labute approximate surface area is 125 Å². The maximum absolute atomic E-state index is 12.6. The highest BCUT2D eigenvalue weighted by Gasteiger charge is 2.45. The van der Waals surface area contributed by atoms with Gasteiger partial charge in [-0.1, -0.05) is 48.5 Å². The molecule has 1 aliphatic heterocycles. The van der Waals surface area contributed by atoms with Crippen LogP contribution in [0.15, 0.2) is 54.6 Å². The topological polar surface area (TPSA) is 29.1 Å². The third-order valence-electron chi connectivity index (χ3n) is 4.21. The Kier molecular flexibility index (Phi) is 3.50. The molecule has 0 unspecified atom stereocenters. The SMILES string of the molecule is C#CC[C@@]1(CCc2ccccc2)C(=O)Nc2ccccc21. The summed E-state index contributed by atoms with van der Waals surface area (Å²) in [5, 5.41) is 2.97. The van der Waals surface area contributed by atoms with Crippen molar-refractivity contribution >= 4 is 11.6 Å². The fourth-order valence-corrected chi connectivity index (χ4v) is 3.06. The second kappa shape index (κ2) is 5.46. The second-order valence-electron chi connectivity index (χ2n) is 5.45. The maximum Gasteiger partial charge on any atom is 0.236 e. The van der Waals surface area contributed by atoms with E-state index < -0.39 is 5.41 Å². The van der Waals surface area contributed by atoms with Gasteiger partial charge in [0.2, 0.25) is 5.91 Å². The first-order valence-corrected chi connectivity index (χ1v) is 7.15. The van der Waals surface area contributed by atoms with Gasteiger partial charge in [-0.15, -0.1) is 12.3 Å². The highest BCUT2D eigenvalue weighted by atomic mass is 16.2. The monoisotopic (exact) mass is 275 g/mol. The van der Waals surface area contributed by atoms with E-state index in [1.54, 1.807) is 0 Å². The molecule has 0 bridgehead atoms. The van der Waals surface area contributed by atoms with Crippen molar-refractivity contribution < 1.29 is 4.79 Å². The molecule has 1 aliphatic rings. The highest BCUT2D eigenvalue weighted by Crippen LogP contribution is 2.43. The number of hydrogen-bond acceptors (Lipinski definition) is 1. The van der Waals surface area contributed by atoms with E-state index in [2.05, 4.69) is 23.4 Å². The molecule has 21 heavy (non-hydrogen) atoms. The summed E-state index contributed by atoms with van der Waals surface area (Å²) in [4.78, 5) is 12.6. The maximum atomic E-state index is 12.6. The Hall–Kier alpha value is -2.53.